The van der Waals surface area contributed by atoms with Crippen LogP contribution in [-0.4, -0.2) is 191 Å². The van der Waals surface area contributed by atoms with Gasteiger partial charge in [-0.25, -0.2) is 0 Å². The van der Waals surface area contributed by atoms with Gasteiger partial charge in [0.15, 0.2) is 0 Å². The molecular weight excluding hydrogens is 2040 g/mol. The summed E-state index contributed by atoms with van der Waals surface area (Å²) in [6.45, 7) is 45.2. The number of ether oxygens (including phenoxy) is 11. The SMILES string of the molecule is CC(C)(OC(=O)CCS)C12CC3CC(C1)CC(C(C)(C)OC(=O)CCS)(C3)C2.CC(C)(OC(=O)CS)C12CC3CC(C1)CC(C(C)(C)OC(=O)CS)(C3)C2.CC(C)(OC(=O)CS)C12CC3CC(C1)CC(C(C)(C)OC(=O)CS)(C3)C2.CCC(CC)(OC(=O)CCS)C12CC3CC(C1)CC(C(CC)(CC)OC(=O)CCS)(C3)C2.CCC(CC)(OC(=O)CS)C1CC(C(C)(C)OC(=O)CS)CC(C(C)(C)OC(=O)CS)C1. The molecule has 2 unspecified atom stereocenters. The topological polar surface area (TPSA) is 289 Å². The van der Waals surface area contributed by atoms with Gasteiger partial charge in [-0.2, -0.15) is 139 Å². The maximum Gasteiger partial charge on any atom is 0.316 e. The molecule has 2 atom stereocenters. The van der Waals surface area contributed by atoms with Crippen LogP contribution < -0.4 is 0 Å². The fourth-order valence-corrected chi connectivity index (χ4v) is 34.5. The zero-order chi connectivity index (χ0) is 108. The first-order chi connectivity index (χ1) is 67.0. The molecule has 22 nitrogen and oxygen atoms in total. The van der Waals surface area contributed by atoms with Crippen molar-refractivity contribution in [3.63, 3.8) is 0 Å². The Morgan fingerprint density at radius 3 is 0.562 bits per heavy atom. The third-order valence-corrected chi connectivity index (χ3v) is 42.5. The molecule has 0 aliphatic heterocycles. The Morgan fingerprint density at radius 2 is 0.375 bits per heavy atom. The predicted molar refractivity (Wildman–Crippen MR) is 603 cm³/mol. The molecule has 17 fully saturated rings. The molecule has 0 amide bonds. The molecule has 144 heavy (non-hydrogen) atoms. The van der Waals surface area contributed by atoms with Crippen molar-refractivity contribution in [3.05, 3.63) is 0 Å². The molecule has 0 aromatic carbocycles. The lowest BCUT2D eigenvalue weighted by Gasteiger charge is -2.70. The normalized spacial score (nSPS) is 31.7. The number of hydrogen-bond donors (Lipinski definition) is 11. The van der Waals surface area contributed by atoms with Crippen LogP contribution in [-0.2, 0) is 105 Å². The fourth-order valence-electron chi connectivity index (χ4n) is 33.4. The van der Waals surface area contributed by atoms with Crippen LogP contribution in [0.3, 0.4) is 0 Å². The highest BCUT2D eigenvalue weighted by Gasteiger charge is 2.74. The molecule has 0 aromatic rings. The Kier molecular flexibility index (Phi) is 42.9. The van der Waals surface area contributed by atoms with Gasteiger partial charge in [0.1, 0.15) is 61.6 Å². The largest absolute Gasteiger partial charge is 0.459 e. The third kappa shape index (κ3) is 26.6. The van der Waals surface area contributed by atoms with E-state index >= 15 is 0 Å². The van der Waals surface area contributed by atoms with Gasteiger partial charge in [0.25, 0.3) is 0 Å². The maximum absolute atomic E-state index is 12.7. The summed E-state index contributed by atoms with van der Waals surface area (Å²) in [4.78, 5) is 134. The molecule has 0 heterocycles. The van der Waals surface area contributed by atoms with E-state index in [-0.39, 0.29) is 167 Å². The summed E-state index contributed by atoms with van der Waals surface area (Å²) in [5.41, 5.74) is -6.64. The predicted octanol–water partition coefficient (Wildman–Crippen LogP) is 24.0. The molecule has 17 aliphatic rings. The summed E-state index contributed by atoms with van der Waals surface area (Å²) in [6, 6.07) is 0. The van der Waals surface area contributed by atoms with Gasteiger partial charge in [-0.15, -0.1) is 0 Å². The molecular formula is C111H184O22S11. The zero-order valence-corrected chi connectivity index (χ0v) is 101. The number of hydrogen-bond acceptors (Lipinski definition) is 33. The Hall–Kier alpha value is -1.98. The van der Waals surface area contributed by atoms with Crippen LogP contribution in [0.25, 0.3) is 0 Å². The number of esters is 11. The van der Waals surface area contributed by atoms with Crippen molar-refractivity contribution < 1.29 is 105 Å². The van der Waals surface area contributed by atoms with Gasteiger partial charge >= 0.3 is 65.7 Å². The molecule has 33 heteroatoms. The average Bonchev–Trinajstić information content (AvgIpc) is 0.690. The Morgan fingerprint density at radius 1 is 0.208 bits per heavy atom. The molecule has 0 saturated heterocycles. The highest BCUT2D eigenvalue weighted by molar-refractivity contribution is 7.82. The smallest absolute Gasteiger partial charge is 0.316 e. The quantitative estimate of drug-likeness (QED) is 0.0154. The van der Waals surface area contributed by atoms with Crippen LogP contribution in [0.15, 0.2) is 0 Å². The summed E-state index contributed by atoms with van der Waals surface area (Å²) < 4.78 is 66.0. The van der Waals surface area contributed by atoms with Crippen LogP contribution in [0.2, 0.25) is 0 Å². The minimum atomic E-state index is -0.749. The van der Waals surface area contributed by atoms with Crippen molar-refractivity contribution in [2.24, 2.45) is 108 Å². The first-order valence-electron chi connectivity index (χ1n) is 54.1. The first-order valence-corrected chi connectivity index (χ1v) is 61.0. The van der Waals surface area contributed by atoms with Gasteiger partial charge in [0, 0.05) is 66.3 Å². The summed E-state index contributed by atoms with van der Waals surface area (Å²) in [6.07, 6.45) is 34.7. The summed E-state index contributed by atoms with van der Waals surface area (Å²) in [5, 5.41) is 0. The van der Waals surface area contributed by atoms with E-state index in [0.717, 1.165) is 167 Å². The van der Waals surface area contributed by atoms with Gasteiger partial charge in [-0.1, -0.05) is 41.5 Å². The van der Waals surface area contributed by atoms with E-state index in [2.05, 4.69) is 250 Å². The van der Waals surface area contributed by atoms with Crippen molar-refractivity contribution in [2.75, 3.05) is 63.3 Å². The standard InChI is InChI=1S/C26H44O4S2.C23H40O6S3.C22H36O4S2.2C20H32O4S2/c1-5-25(6-2,29-21(27)9-11-31)23-14-19-13-20(15-23)17-24(16-19,18-23)26(7-3,8-4)30-22(28)10-12-32;1-7-23(8-2,29-20(26)14-32)17-10-15(21(3,4)27-18(24)12-30)9-16(11-17)22(5,6)28-19(25)13-31;1-19(2,25-17(23)5-7-27)21-10-15-9-16(11-21)13-22(12-15,14-21)20(3,4)26-18(24)6-8-28;2*1-17(2,23-15(21)10-25)19-6-13-5-14(7-19)9-20(8-13,12-19)18(3,4)24-16(22)11-26/h19-20,31-32H,5-18H2,1-4H3;15-17,30-32H,7-14H2,1-6H3;15-16,27-28H,5-14H2,1-4H3;2*13-14,25-26H,5-12H2,1-4H3. The van der Waals surface area contributed by atoms with E-state index in [9.17, 15) is 52.7 Å². The second kappa shape index (κ2) is 49.2. The van der Waals surface area contributed by atoms with Crippen molar-refractivity contribution in [3.8, 4) is 0 Å². The van der Waals surface area contributed by atoms with E-state index in [1.165, 1.54) is 25.7 Å². The van der Waals surface area contributed by atoms with Crippen molar-refractivity contribution in [2.45, 2.75) is 452 Å². The maximum atomic E-state index is 12.7. The van der Waals surface area contributed by atoms with Crippen LogP contribution >= 0.6 is 139 Å². The van der Waals surface area contributed by atoms with E-state index in [1.807, 2.05) is 41.5 Å². The number of thiol groups is 11. The monoisotopic (exact) mass is 2220 g/mol. The van der Waals surface area contributed by atoms with Crippen LogP contribution in [0.5, 0.6) is 0 Å². The highest BCUT2D eigenvalue weighted by atomic mass is 32.1. The van der Waals surface area contributed by atoms with Crippen LogP contribution in [0.1, 0.15) is 390 Å². The Balaban J connectivity index is 0.000000201. The molecule has 0 radical (unpaired) electrons. The van der Waals surface area contributed by atoms with Gasteiger partial charge in [0.05, 0.1) is 66.0 Å². The molecule has 17 aliphatic carbocycles. The van der Waals surface area contributed by atoms with Gasteiger partial charge in [-0.05, 0) is 388 Å². The molecule has 17 rings (SSSR count). The lowest BCUT2D eigenvalue weighted by Crippen LogP contribution is -2.67. The van der Waals surface area contributed by atoms with Gasteiger partial charge in [0.2, 0.25) is 0 Å². The van der Waals surface area contributed by atoms with Crippen molar-refractivity contribution in [1.29, 1.82) is 0 Å². The van der Waals surface area contributed by atoms with E-state index in [1.54, 1.807) is 0 Å². The van der Waals surface area contributed by atoms with E-state index < -0.39 is 61.6 Å². The zero-order valence-electron chi connectivity index (χ0n) is 91.2. The molecule has 0 aromatic heterocycles. The molecule has 17 saturated carbocycles. The fraction of sp³-hybridized carbons (Fsp3) is 0.901. The first kappa shape index (κ1) is 125. The molecule has 16 bridgehead atoms. The van der Waals surface area contributed by atoms with Crippen molar-refractivity contribution in [1.82, 2.24) is 0 Å². The van der Waals surface area contributed by atoms with E-state index in [4.69, 9.17) is 52.1 Å². The third-order valence-electron chi connectivity index (χ3n) is 39.8. The van der Waals surface area contributed by atoms with Crippen LogP contribution in [0, 0.1) is 108 Å². The lowest BCUT2D eigenvalue weighted by atomic mass is 9.37. The number of carbonyl (C=O) groups is 11. The minimum absolute atomic E-state index is 0.00146. The second-order valence-corrected chi connectivity index (χ2v) is 54.5. The average molecular weight is 2220 g/mol. The summed E-state index contributed by atoms with van der Waals surface area (Å²) in [7, 11) is 0. The number of rotatable bonds is 43. The highest BCUT2D eigenvalue weighted by Crippen LogP contribution is 2.77. The summed E-state index contributed by atoms with van der Waals surface area (Å²) in [5.74, 6) is 4.64. The van der Waals surface area contributed by atoms with Crippen LogP contribution in [0.4, 0.5) is 0 Å². The lowest BCUT2D eigenvalue weighted by molar-refractivity contribution is -0.266. The molecule has 0 N–H and O–H groups in total. The summed E-state index contributed by atoms with van der Waals surface area (Å²) >= 11 is 45.3. The van der Waals surface area contributed by atoms with E-state index in [0.29, 0.717) is 115 Å². The van der Waals surface area contributed by atoms with Gasteiger partial charge < -0.3 is 52.1 Å². The van der Waals surface area contributed by atoms with Gasteiger partial charge in [-0.3, -0.25) is 52.7 Å². The Labute approximate surface area is 925 Å². The Bertz CT molecular complexity index is 4030. The molecule has 0 spiro atoms. The second-order valence-electron chi connectivity index (χ2n) is 50.5. The minimum Gasteiger partial charge on any atom is -0.459 e. The molecule has 826 valence electrons. The van der Waals surface area contributed by atoms with Crippen molar-refractivity contribution >= 4 is 205 Å². The number of carbonyl (C=O) groups excluding carboxylic acids is 11.